The Morgan fingerprint density at radius 1 is 0.684 bits per heavy atom. The van der Waals surface area contributed by atoms with E-state index in [1.165, 1.54) is 0 Å². The van der Waals surface area contributed by atoms with Crippen LogP contribution in [-0.2, 0) is 28.6 Å². The molecule has 0 aromatic heterocycles. The van der Waals surface area contributed by atoms with Crippen molar-refractivity contribution in [3.63, 3.8) is 0 Å². The quantitative estimate of drug-likeness (QED) is 0.404. The van der Waals surface area contributed by atoms with E-state index in [-0.39, 0.29) is 13.2 Å². The van der Waals surface area contributed by atoms with Crippen molar-refractivity contribution >= 4 is 20.2 Å². The first-order chi connectivity index (χ1) is 8.83. The summed E-state index contributed by atoms with van der Waals surface area (Å²) in [5.41, 5.74) is 0. The van der Waals surface area contributed by atoms with Gasteiger partial charge in [-0.3, -0.25) is 8.37 Å². The standard InChI is InChI=1S/C11H20O6S2/c1-3-18(12,13)16-10-8-6-5-7-9-11-17-19(14,15)4-2/h3-4H,1-2,5-11H2. The summed E-state index contributed by atoms with van der Waals surface area (Å²) < 4.78 is 52.7. The van der Waals surface area contributed by atoms with Crippen LogP contribution in [-0.4, -0.2) is 30.0 Å². The Morgan fingerprint density at radius 3 is 1.32 bits per heavy atom. The molecule has 0 aliphatic heterocycles. The molecule has 0 heterocycles. The Kier molecular flexibility index (Phi) is 8.90. The monoisotopic (exact) mass is 312 g/mol. The predicted molar refractivity (Wildman–Crippen MR) is 73.2 cm³/mol. The van der Waals surface area contributed by atoms with Crippen molar-refractivity contribution in [2.24, 2.45) is 0 Å². The first-order valence-electron chi connectivity index (χ1n) is 5.87. The van der Waals surface area contributed by atoms with E-state index >= 15 is 0 Å². The molecule has 0 aromatic rings. The molecule has 0 aliphatic rings. The van der Waals surface area contributed by atoms with E-state index in [0.29, 0.717) is 12.8 Å². The highest BCUT2D eigenvalue weighted by Crippen LogP contribution is 2.06. The summed E-state index contributed by atoms with van der Waals surface area (Å²) >= 11 is 0. The Balaban J connectivity index is 3.43. The first-order valence-corrected chi connectivity index (χ1v) is 8.81. The van der Waals surface area contributed by atoms with E-state index in [2.05, 4.69) is 21.5 Å². The van der Waals surface area contributed by atoms with Gasteiger partial charge in [-0.05, 0) is 12.8 Å². The lowest BCUT2D eigenvalue weighted by molar-refractivity contribution is 0.302. The van der Waals surface area contributed by atoms with Crippen LogP contribution in [0.2, 0.25) is 0 Å². The lowest BCUT2D eigenvalue weighted by atomic mass is 10.2. The number of rotatable bonds is 12. The molecule has 0 saturated carbocycles. The minimum atomic E-state index is -3.57. The number of hydrogen-bond donors (Lipinski definition) is 0. The molecular weight excluding hydrogens is 292 g/mol. The van der Waals surface area contributed by atoms with E-state index in [4.69, 9.17) is 0 Å². The summed E-state index contributed by atoms with van der Waals surface area (Å²) in [6.45, 7) is 6.52. The average Bonchev–Trinajstić information content (AvgIpc) is 2.36. The fourth-order valence-corrected chi connectivity index (χ4v) is 2.07. The van der Waals surface area contributed by atoms with Gasteiger partial charge in [0.05, 0.1) is 24.0 Å². The van der Waals surface area contributed by atoms with Crippen molar-refractivity contribution in [3.05, 3.63) is 24.0 Å². The Labute approximate surface area is 115 Å². The van der Waals surface area contributed by atoms with Gasteiger partial charge in [0, 0.05) is 0 Å². The Bertz CT molecular complexity index is 419. The third-order valence-corrected chi connectivity index (χ3v) is 4.00. The van der Waals surface area contributed by atoms with Crippen LogP contribution in [0.3, 0.4) is 0 Å². The van der Waals surface area contributed by atoms with Gasteiger partial charge in [0.1, 0.15) is 0 Å². The molecule has 19 heavy (non-hydrogen) atoms. The summed E-state index contributed by atoms with van der Waals surface area (Å²) in [4.78, 5) is 0. The summed E-state index contributed by atoms with van der Waals surface area (Å²) in [5, 5.41) is 1.54. The molecule has 0 amide bonds. The molecule has 0 aromatic carbocycles. The first kappa shape index (κ1) is 18.3. The normalized spacial score (nSPS) is 12.2. The van der Waals surface area contributed by atoms with E-state index in [9.17, 15) is 16.8 Å². The molecule has 0 spiro atoms. The highest BCUT2D eigenvalue weighted by molar-refractivity contribution is 7.89. The summed E-state index contributed by atoms with van der Waals surface area (Å²) in [5.74, 6) is 0. The zero-order valence-electron chi connectivity index (χ0n) is 10.8. The fourth-order valence-electron chi connectivity index (χ4n) is 1.18. The lowest BCUT2D eigenvalue weighted by Gasteiger charge is -2.03. The number of unbranched alkanes of at least 4 members (excludes halogenated alkanes) is 4. The van der Waals surface area contributed by atoms with Gasteiger partial charge >= 0.3 is 0 Å². The molecule has 0 aliphatic carbocycles. The molecule has 0 atom stereocenters. The molecule has 0 N–H and O–H groups in total. The van der Waals surface area contributed by atoms with E-state index in [1.807, 2.05) is 0 Å². The van der Waals surface area contributed by atoms with Crippen LogP contribution in [0.4, 0.5) is 0 Å². The van der Waals surface area contributed by atoms with Crippen LogP contribution >= 0.6 is 0 Å². The zero-order chi connectivity index (χ0) is 14.8. The predicted octanol–water partition coefficient (Wildman–Crippen LogP) is 1.92. The van der Waals surface area contributed by atoms with Crippen LogP contribution in [0.5, 0.6) is 0 Å². The molecule has 8 heteroatoms. The number of hydrogen-bond acceptors (Lipinski definition) is 6. The second kappa shape index (κ2) is 9.24. The lowest BCUT2D eigenvalue weighted by Crippen LogP contribution is -2.03. The highest BCUT2D eigenvalue weighted by Gasteiger charge is 2.04. The molecule has 0 radical (unpaired) electrons. The van der Waals surface area contributed by atoms with Gasteiger partial charge in [0.2, 0.25) is 0 Å². The topological polar surface area (TPSA) is 86.7 Å². The molecule has 0 unspecified atom stereocenters. The molecule has 0 saturated heterocycles. The maximum absolute atomic E-state index is 10.9. The zero-order valence-corrected chi connectivity index (χ0v) is 12.4. The van der Waals surface area contributed by atoms with Crippen LogP contribution in [0.1, 0.15) is 32.1 Å². The van der Waals surface area contributed by atoms with Gasteiger partial charge < -0.3 is 0 Å². The molecule has 0 bridgehead atoms. The van der Waals surface area contributed by atoms with Gasteiger partial charge in [0.15, 0.2) is 0 Å². The second-order valence-electron chi connectivity index (χ2n) is 3.73. The van der Waals surface area contributed by atoms with Gasteiger partial charge in [-0.2, -0.15) is 16.8 Å². The fraction of sp³-hybridized carbons (Fsp3) is 0.636. The van der Waals surface area contributed by atoms with Crippen molar-refractivity contribution in [1.29, 1.82) is 0 Å². The van der Waals surface area contributed by atoms with Crippen molar-refractivity contribution in [2.75, 3.05) is 13.2 Å². The van der Waals surface area contributed by atoms with Crippen molar-refractivity contribution in [1.82, 2.24) is 0 Å². The highest BCUT2D eigenvalue weighted by atomic mass is 32.2. The molecule has 6 nitrogen and oxygen atoms in total. The van der Waals surface area contributed by atoms with E-state index in [1.54, 1.807) is 0 Å². The molecule has 0 fully saturated rings. The Morgan fingerprint density at radius 2 is 1.00 bits per heavy atom. The van der Waals surface area contributed by atoms with Crippen LogP contribution in [0.25, 0.3) is 0 Å². The van der Waals surface area contributed by atoms with Crippen molar-refractivity contribution in [2.45, 2.75) is 32.1 Å². The van der Waals surface area contributed by atoms with Crippen molar-refractivity contribution in [3.8, 4) is 0 Å². The van der Waals surface area contributed by atoms with E-state index < -0.39 is 20.2 Å². The van der Waals surface area contributed by atoms with Gasteiger partial charge in [0.25, 0.3) is 20.2 Å². The van der Waals surface area contributed by atoms with E-state index in [0.717, 1.165) is 30.1 Å². The third-order valence-electron chi connectivity index (χ3n) is 2.19. The summed E-state index contributed by atoms with van der Waals surface area (Å²) in [7, 11) is -7.14. The third kappa shape index (κ3) is 10.9. The van der Waals surface area contributed by atoms with Crippen LogP contribution in [0.15, 0.2) is 24.0 Å². The van der Waals surface area contributed by atoms with Gasteiger partial charge in [-0.1, -0.05) is 32.4 Å². The van der Waals surface area contributed by atoms with Crippen LogP contribution in [0, 0.1) is 0 Å². The SMILES string of the molecule is C=CS(=O)(=O)OCCCCCCCOS(=O)(=O)C=C. The molecule has 112 valence electrons. The minimum absolute atomic E-state index is 0.135. The van der Waals surface area contributed by atoms with Crippen LogP contribution < -0.4 is 0 Å². The smallest absolute Gasteiger partial charge is 0.267 e. The summed E-state index contributed by atoms with van der Waals surface area (Å²) in [6.07, 6.45) is 3.72. The largest absolute Gasteiger partial charge is 0.289 e. The van der Waals surface area contributed by atoms with Gasteiger partial charge in [-0.15, -0.1) is 0 Å². The molecule has 0 rings (SSSR count). The maximum atomic E-state index is 10.9. The summed E-state index contributed by atoms with van der Waals surface area (Å²) in [6, 6.07) is 0. The maximum Gasteiger partial charge on any atom is 0.289 e. The second-order valence-corrected chi connectivity index (χ2v) is 6.84. The minimum Gasteiger partial charge on any atom is -0.267 e. The molecular formula is C11H20O6S2. The average molecular weight is 312 g/mol. The van der Waals surface area contributed by atoms with Gasteiger partial charge in [-0.25, -0.2) is 0 Å². The Hall–Kier alpha value is -0.700. The van der Waals surface area contributed by atoms with Crippen molar-refractivity contribution < 1.29 is 25.2 Å².